The van der Waals surface area contributed by atoms with Gasteiger partial charge in [0.15, 0.2) is 0 Å². The summed E-state index contributed by atoms with van der Waals surface area (Å²) in [6.07, 6.45) is 1.08. The van der Waals surface area contributed by atoms with Crippen LogP contribution in [0.3, 0.4) is 0 Å². The van der Waals surface area contributed by atoms with Gasteiger partial charge in [-0.05, 0) is 41.7 Å². The number of nitrogens with zero attached hydrogens (tertiary/aromatic N) is 2. The lowest BCUT2D eigenvalue weighted by molar-refractivity contribution is -0.143. The maximum atomic E-state index is 12.8. The molecule has 2 fully saturated rings. The quantitative estimate of drug-likeness (QED) is 0.686. The number of hydrogen-bond donors (Lipinski definition) is 3. The van der Waals surface area contributed by atoms with Crippen LogP contribution in [-0.2, 0) is 4.79 Å². The topological polar surface area (TPSA) is 113 Å². The molecule has 7 heteroatoms. The Kier molecular flexibility index (Phi) is 5.60. The predicted molar refractivity (Wildman–Crippen MR) is 115 cm³/mol. The van der Waals surface area contributed by atoms with Crippen molar-refractivity contribution >= 4 is 11.8 Å². The fourth-order valence-electron chi connectivity index (χ4n) is 3.79. The van der Waals surface area contributed by atoms with Crippen LogP contribution in [-0.4, -0.2) is 65.0 Å². The molecule has 1 saturated carbocycles. The van der Waals surface area contributed by atoms with Gasteiger partial charge >= 0.3 is 0 Å². The van der Waals surface area contributed by atoms with E-state index in [4.69, 9.17) is 11.5 Å². The first kappa shape index (κ1) is 20.5. The molecule has 5 N–H and O–H groups in total. The van der Waals surface area contributed by atoms with Crippen LogP contribution in [0.15, 0.2) is 48.5 Å². The SMILES string of the molecule is NCC(N)c1ccc(-c2ccc(C(=O)N3CCN(C(=O)C4(O)CC4)CC3)cc2)cc1. The number of rotatable bonds is 5. The van der Waals surface area contributed by atoms with E-state index < -0.39 is 5.60 Å². The third-order valence-electron chi connectivity index (χ3n) is 6.03. The Morgan fingerprint density at radius 3 is 1.90 bits per heavy atom. The summed E-state index contributed by atoms with van der Waals surface area (Å²) in [5.41, 5.74) is 14.1. The molecule has 4 rings (SSSR count). The van der Waals surface area contributed by atoms with E-state index in [-0.39, 0.29) is 17.9 Å². The Morgan fingerprint density at radius 1 is 0.900 bits per heavy atom. The fraction of sp³-hybridized carbons (Fsp3) is 0.391. The van der Waals surface area contributed by atoms with E-state index in [9.17, 15) is 14.7 Å². The molecule has 7 nitrogen and oxygen atoms in total. The molecule has 2 amide bonds. The van der Waals surface area contributed by atoms with Crippen LogP contribution >= 0.6 is 0 Å². The second kappa shape index (κ2) is 8.18. The molecular formula is C23H28N4O3. The number of hydrogen-bond acceptors (Lipinski definition) is 5. The van der Waals surface area contributed by atoms with Gasteiger partial charge in [-0.25, -0.2) is 0 Å². The first-order valence-corrected chi connectivity index (χ1v) is 10.4. The summed E-state index contributed by atoms with van der Waals surface area (Å²) in [5.74, 6) is -0.236. The average molecular weight is 409 g/mol. The van der Waals surface area contributed by atoms with Gasteiger partial charge in [0.05, 0.1) is 0 Å². The minimum atomic E-state index is -1.14. The molecule has 30 heavy (non-hydrogen) atoms. The van der Waals surface area contributed by atoms with Crippen molar-refractivity contribution in [3.63, 3.8) is 0 Å². The van der Waals surface area contributed by atoms with Crippen LogP contribution in [0.4, 0.5) is 0 Å². The molecule has 2 aromatic rings. The summed E-state index contributed by atoms with van der Waals surface area (Å²) in [4.78, 5) is 28.5. The molecule has 1 aliphatic heterocycles. The van der Waals surface area contributed by atoms with E-state index in [1.165, 1.54) is 0 Å². The number of nitrogens with two attached hydrogens (primary N) is 2. The van der Waals surface area contributed by atoms with Crippen molar-refractivity contribution in [1.29, 1.82) is 0 Å². The van der Waals surface area contributed by atoms with Gasteiger partial charge in [0.25, 0.3) is 11.8 Å². The van der Waals surface area contributed by atoms with Crippen molar-refractivity contribution < 1.29 is 14.7 Å². The highest BCUT2D eigenvalue weighted by Gasteiger charge is 2.50. The summed E-state index contributed by atoms with van der Waals surface area (Å²) in [6.45, 7) is 2.28. The van der Waals surface area contributed by atoms with Crippen molar-refractivity contribution in [2.24, 2.45) is 11.5 Å². The second-order valence-corrected chi connectivity index (χ2v) is 8.16. The Balaban J connectivity index is 1.37. The van der Waals surface area contributed by atoms with Gasteiger partial charge in [-0.1, -0.05) is 36.4 Å². The number of piperazine rings is 1. The van der Waals surface area contributed by atoms with Gasteiger partial charge in [-0.3, -0.25) is 9.59 Å². The van der Waals surface area contributed by atoms with Gasteiger partial charge in [-0.15, -0.1) is 0 Å². The molecule has 0 spiro atoms. The molecule has 1 unspecified atom stereocenters. The number of aliphatic hydroxyl groups is 1. The van der Waals surface area contributed by atoms with E-state index in [2.05, 4.69) is 0 Å². The predicted octanol–water partition coefficient (Wildman–Crippen LogP) is 1.12. The van der Waals surface area contributed by atoms with Crippen molar-refractivity contribution in [2.45, 2.75) is 24.5 Å². The van der Waals surface area contributed by atoms with E-state index in [1.54, 1.807) is 9.80 Å². The largest absolute Gasteiger partial charge is 0.380 e. The molecule has 0 radical (unpaired) electrons. The lowest BCUT2D eigenvalue weighted by atomic mass is 10.00. The normalized spacial score (nSPS) is 18.8. The molecule has 2 aromatic carbocycles. The highest BCUT2D eigenvalue weighted by atomic mass is 16.3. The summed E-state index contributed by atoms with van der Waals surface area (Å²) >= 11 is 0. The third-order valence-corrected chi connectivity index (χ3v) is 6.03. The Hall–Kier alpha value is -2.74. The summed E-state index contributed by atoms with van der Waals surface area (Å²) in [6, 6.07) is 15.3. The molecule has 1 heterocycles. The summed E-state index contributed by atoms with van der Waals surface area (Å²) in [7, 11) is 0. The molecule has 0 aromatic heterocycles. The van der Waals surface area contributed by atoms with Crippen LogP contribution in [0.2, 0.25) is 0 Å². The zero-order valence-electron chi connectivity index (χ0n) is 17.0. The number of carbonyl (C=O) groups excluding carboxylic acids is 2. The second-order valence-electron chi connectivity index (χ2n) is 8.16. The van der Waals surface area contributed by atoms with Crippen LogP contribution in [0.5, 0.6) is 0 Å². The standard InChI is InChI=1S/C23H28N4O3/c24-15-20(25)18-5-1-16(2-6-18)17-3-7-19(8-4-17)21(28)26-11-13-27(14-12-26)22(29)23(30)9-10-23/h1-8,20,30H,9-15,24-25H2. The zero-order valence-corrected chi connectivity index (χ0v) is 17.0. The van der Waals surface area contributed by atoms with Crippen LogP contribution in [0.1, 0.15) is 34.8 Å². The third kappa shape index (κ3) is 4.09. The van der Waals surface area contributed by atoms with Gasteiger partial charge in [-0.2, -0.15) is 0 Å². The zero-order chi connectivity index (χ0) is 21.3. The highest BCUT2D eigenvalue weighted by molar-refractivity contribution is 5.95. The lowest BCUT2D eigenvalue weighted by Gasteiger charge is -2.35. The summed E-state index contributed by atoms with van der Waals surface area (Å²) in [5, 5.41) is 9.99. The highest BCUT2D eigenvalue weighted by Crippen LogP contribution is 2.37. The van der Waals surface area contributed by atoms with Crippen LogP contribution < -0.4 is 11.5 Å². The van der Waals surface area contributed by atoms with E-state index in [0.29, 0.717) is 51.1 Å². The number of benzene rings is 2. The maximum Gasteiger partial charge on any atom is 0.254 e. The average Bonchev–Trinajstić information content (AvgIpc) is 3.56. The van der Waals surface area contributed by atoms with Crippen molar-refractivity contribution in [2.75, 3.05) is 32.7 Å². The molecule has 1 saturated heterocycles. The molecular weight excluding hydrogens is 380 g/mol. The Labute approximate surface area is 176 Å². The molecule has 0 bridgehead atoms. The van der Waals surface area contributed by atoms with Crippen molar-refractivity contribution in [3.8, 4) is 11.1 Å². The van der Waals surface area contributed by atoms with Crippen molar-refractivity contribution in [1.82, 2.24) is 9.80 Å². The van der Waals surface area contributed by atoms with E-state index in [0.717, 1.165) is 16.7 Å². The van der Waals surface area contributed by atoms with Crippen molar-refractivity contribution in [3.05, 3.63) is 59.7 Å². The smallest absolute Gasteiger partial charge is 0.254 e. The first-order valence-electron chi connectivity index (χ1n) is 10.4. The monoisotopic (exact) mass is 408 g/mol. The summed E-state index contributed by atoms with van der Waals surface area (Å²) < 4.78 is 0. The minimum absolute atomic E-state index is 0.0388. The Bertz CT molecular complexity index is 914. The number of amides is 2. The molecule has 2 aliphatic rings. The Morgan fingerprint density at radius 2 is 1.40 bits per heavy atom. The van der Waals surface area contributed by atoms with Gasteiger partial charge in [0.1, 0.15) is 5.60 Å². The fourth-order valence-corrected chi connectivity index (χ4v) is 3.79. The van der Waals surface area contributed by atoms with Gasteiger partial charge < -0.3 is 26.4 Å². The van der Waals surface area contributed by atoms with Crippen LogP contribution in [0, 0.1) is 0 Å². The minimum Gasteiger partial charge on any atom is -0.380 e. The number of carbonyl (C=O) groups is 2. The molecule has 158 valence electrons. The van der Waals surface area contributed by atoms with Gasteiger partial charge in [0, 0.05) is 44.3 Å². The van der Waals surface area contributed by atoms with E-state index >= 15 is 0 Å². The first-order chi connectivity index (χ1) is 14.4. The lowest BCUT2D eigenvalue weighted by Crippen LogP contribution is -2.53. The maximum absolute atomic E-state index is 12.8. The molecule has 1 atom stereocenters. The van der Waals surface area contributed by atoms with Gasteiger partial charge in [0.2, 0.25) is 0 Å². The molecule has 1 aliphatic carbocycles. The van der Waals surface area contributed by atoms with E-state index in [1.807, 2.05) is 48.5 Å². The van der Waals surface area contributed by atoms with Crippen LogP contribution in [0.25, 0.3) is 11.1 Å².